The second kappa shape index (κ2) is 9.23. The first-order valence-electron chi connectivity index (χ1n) is 12.7. The van der Waals surface area contributed by atoms with E-state index in [-0.39, 0.29) is 12.3 Å². The molecule has 1 aromatic carbocycles. The topological polar surface area (TPSA) is 156 Å². The number of hydrogen-bond acceptors (Lipinski definition) is 8. The predicted octanol–water partition coefficient (Wildman–Crippen LogP) is 1.80. The molecule has 0 spiro atoms. The summed E-state index contributed by atoms with van der Waals surface area (Å²) in [6, 6.07) is 11.2. The molecule has 2 unspecified atom stereocenters. The molecule has 0 radical (unpaired) electrons. The molecule has 0 aromatic heterocycles. The molecule has 35 heavy (non-hydrogen) atoms. The van der Waals surface area contributed by atoms with Crippen LogP contribution in [0.15, 0.2) is 23.2 Å². The summed E-state index contributed by atoms with van der Waals surface area (Å²) in [5, 5.41) is 26.7. The van der Waals surface area contributed by atoms with Gasteiger partial charge in [-0.05, 0) is 74.6 Å². The molecule has 184 valence electrons. The van der Waals surface area contributed by atoms with Crippen LogP contribution in [-0.4, -0.2) is 48.6 Å². The molecule has 5 rings (SSSR count). The van der Waals surface area contributed by atoms with Gasteiger partial charge in [0, 0.05) is 31.4 Å². The summed E-state index contributed by atoms with van der Waals surface area (Å²) in [6.45, 7) is 2.01. The highest BCUT2D eigenvalue weighted by atomic mass is 16.1. The number of primary amides is 1. The Morgan fingerprint density at radius 3 is 2.20 bits per heavy atom. The molecule has 9 heteroatoms. The van der Waals surface area contributed by atoms with E-state index in [9.17, 15) is 15.3 Å². The van der Waals surface area contributed by atoms with Crippen molar-refractivity contribution >= 4 is 17.4 Å². The lowest BCUT2D eigenvalue weighted by Gasteiger charge is -2.40. The summed E-state index contributed by atoms with van der Waals surface area (Å²) in [5.41, 5.74) is 13.5. The number of amidine groups is 1. The molecule has 3 fully saturated rings. The summed E-state index contributed by atoms with van der Waals surface area (Å²) < 4.78 is 0. The van der Waals surface area contributed by atoms with E-state index in [4.69, 9.17) is 16.5 Å². The highest BCUT2D eigenvalue weighted by Crippen LogP contribution is 2.48. The summed E-state index contributed by atoms with van der Waals surface area (Å²) in [6.07, 6.45) is 7.04. The average molecular weight is 475 g/mol. The maximum atomic E-state index is 12.3. The molecule has 2 heterocycles. The maximum absolute atomic E-state index is 12.3. The molecule has 1 aromatic rings. The van der Waals surface area contributed by atoms with Crippen LogP contribution in [0.2, 0.25) is 0 Å². The number of benzene rings is 1. The van der Waals surface area contributed by atoms with Crippen molar-refractivity contribution in [2.75, 3.05) is 25.0 Å². The first-order chi connectivity index (χ1) is 16.9. The number of carbonyl (C=O) groups excluding carboxylic acids is 1. The summed E-state index contributed by atoms with van der Waals surface area (Å²) in [7, 11) is 0. The number of piperidine rings is 1. The zero-order chi connectivity index (χ0) is 24.6. The van der Waals surface area contributed by atoms with Crippen LogP contribution < -0.4 is 22.1 Å². The van der Waals surface area contributed by atoms with Crippen molar-refractivity contribution < 1.29 is 4.79 Å². The third kappa shape index (κ3) is 4.29. The largest absolute Gasteiger partial charge is 0.369 e. The van der Waals surface area contributed by atoms with Crippen LogP contribution in [0.5, 0.6) is 0 Å². The fourth-order valence-corrected chi connectivity index (χ4v) is 5.81. The molecule has 0 bridgehead atoms. The van der Waals surface area contributed by atoms with Crippen molar-refractivity contribution in [1.29, 1.82) is 10.5 Å². The second-order valence-corrected chi connectivity index (χ2v) is 10.7. The van der Waals surface area contributed by atoms with Crippen LogP contribution in [-0.2, 0) is 15.6 Å². The van der Waals surface area contributed by atoms with Gasteiger partial charge in [-0.2, -0.15) is 10.5 Å². The Bertz CT molecular complexity index is 1060. The fraction of sp³-hybridized carbons (Fsp3) is 0.615. The predicted molar refractivity (Wildman–Crippen MR) is 133 cm³/mol. The standard InChI is InChI=1S/C26H34N8O/c27-15-25(5-2-6-25)17-10-18(26(16-28)7-3-8-26)12-20(11-17)32-23-21(22(30)35)13-31-24(33-23)34-9-1-4-19(29)14-34/h10-12,19,21,24,31H,1-9,13-14,29H2,(H2,30,35)(H,32,33)/t19-,21?,24?/m0/s1. The van der Waals surface area contributed by atoms with Crippen LogP contribution in [0.25, 0.3) is 0 Å². The van der Waals surface area contributed by atoms with Gasteiger partial charge >= 0.3 is 0 Å². The number of anilines is 1. The molecule has 4 aliphatic rings. The van der Waals surface area contributed by atoms with Crippen LogP contribution in [0.4, 0.5) is 5.69 Å². The van der Waals surface area contributed by atoms with Crippen molar-refractivity contribution in [2.24, 2.45) is 22.4 Å². The van der Waals surface area contributed by atoms with Crippen molar-refractivity contribution in [2.45, 2.75) is 74.5 Å². The minimum Gasteiger partial charge on any atom is -0.369 e. The Morgan fingerprint density at radius 2 is 1.71 bits per heavy atom. The van der Waals surface area contributed by atoms with E-state index in [2.05, 4.69) is 33.7 Å². The number of hydrogen-bond donors (Lipinski definition) is 4. The van der Waals surface area contributed by atoms with Crippen LogP contribution in [0.3, 0.4) is 0 Å². The number of amides is 1. The number of nitrogens with one attached hydrogen (secondary N) is 2. The normalized spacial score (nSPS) is 29.5. The number of nitrogens with zero attached hydrogens (tertiary/aromatic N) is 4. The molecule has 6 N–H and O–H groups in total. The molecule has 9 nitrogen and oxygen atoms in total. The second-order valence-electron chi connectivity index (χ2n) is 10.7. The number of rotatable bonds is 5. The smallest absolute Gasteiger partial charge is 0.229 e. The van der Waals surface area contributed by atoms with E-state index in [0.29, 0.717) is 12.4 Å². The number of aliphatic imine (C=N–C) groups is 1. The van der Waals surface area contributed by atoms with Gasteiger partial charge in [0.1, 0.15) is 11.8 Å². The quantitative estimate of drug-likeness (QED) is 0.507. The molecular weight excluding hydrogens is 440 g/mol. The number of carbonyl (C=O) groups is 1. The summed E-state index contributed by atoms with van der Waals surface area (Å²) in [5.74, 6) is -0.532. The zero-order valence-corrected chi connectivity index (χ0v) is 20.1. The maximum Gasteiger partial charge on any atom is 0.229 e. The SMILES string of the molecule is N#CC1(c2cc(NC3=NC(N4CCC[C@H](N)C4)NCC3C(N)=O)cc(C3(C#N)CCC3)c2)CCC1. The van der Waals surface area contributed by atoms with Crippen molar-refractivity contribution in [3.05, 3.63) is 29.3 Å². The van der Waals surface area contributed by atoms with Gasteiger partial charge in [0.25, 0.3) is 0 Å². The van der Waals surface area contributed by atoms with E-state index >= 15 is 0 Å². The van der Waals surface area contributed by atoms with Crippen LogP contribution in [0.1, 0.15) is 62.5 Å². The van der Waals surface area contributed by atoms with E-state index in [0.717, 1.165) is 81.3 Å². The van der Waals surface area contributed by atoms with E-state index in [1.807, 2.05) is 12.1 Å². The number of likely N-dealkylation sites (tertiary alicyclic amines) is 1. The lowest BCUT2D eigenvalue weighted by atomic mass is 9.62. The Hall–Kier alpha value is -2.98. The monoisotopic (exact) mass is 474 g/mol. The van der Waals surface area contributed by atoms with Gasteiger partial charge in [-0.3, -0.25) is 15.0 Å². The average Bonchev–Trinajstić information content (AvgIpc) is 2.78. The summed E-state index contributed by atoms with van der Waals surface area (Å²) in [4.78, 5) is 19.4. The van der Waals surface area contributed by atoms with Gasteiger partial charge in [-0.25, -0.2) is 4.99 Å². The third-order valence-corrected chi connectivity index (χ3v) is 8.43. The van der Waals surface area contributed by atoms with Gasteiger partial charge in [0.05, 0.1) is 23.0 Å². The van der Waals surface area contributed by atoms with E-state index in [1.165, 1.54) is 0 Å². The Morgan fingerprint density at radius 1 is 1.09 bits per heavy atom. The number of nitrogens with two attached hydrogens (primary N) is 2. The Labute approximate surface area is 206 Å². The minimum atomic E-state index is -0.598. The van der Waals surface area contributed by atoms with E-state index < -0.39 is 22.7 Å². The molecule has 2 saturated carbocycles. The van der Waals surface area contributed by atoms with Gasteiger partial charge in [0.15, 0.2) is 6.29 Å². The van der Waals surface area contributed by atoms with Crippen molar-refractivity contribution in [3.63, 3.8) is 0 Å². The highest BCUT2D eigenvalue weighted by molar-refractivity contribution is 6.09. The van der Waals surface area contributed by atoms with Gasteiger partial charge in [-0.1, -0.05) is 6.07 Å². The molecular formula is C26H34N8O. The Kier molecular flexibility index (Phi) is 6.27. The molecule has 2 aliphatic heterocycles. The van der Waals surface area contributed by atoms with Crippen molar-refractivity contribution in [3.8, 4) is 12.1 Å². The van der Waals surface area contributed by atoms with Gasteiger partial charge < -0.3 is 16.8 Å². The summed E-state index contributed by atoms with van der Waals surface area (Å²) >= 11 is 0. The Balaban J connectivity index is 1.50. The lowest BCUT2D eigenvalue weighted by molar-refractivity contribution is -0.120. The fourth-order valence-electron chi connectivity index (χ4n) is 5.81. The first-order valence-corrected chi connectivity index (χ1v) is 12.7. The van der Waals surface area contributed by atoms with Crippen LogP contribution in [0, 0.1) is 28.6 Å². The minimum absolute atomic E-state index is 0.111. The third-order valence-electron chi connectivity index (χ3n) is 8.43. The first kappa shape index (κ1) is 23.7. The molecule has 2 aliphatic carbocycles. The molecule has 1 amide bonds. The molecule has 1 saturated heterocycles. The van der Waals surface area contributed by atoms with E-state index in [1.54, 1.807) is 0 Å². The highest BCUT2D eigenvalue weighted by Gasteiger charge is 2.43. The number of nitriles is 2. The lowest BCUT2D eigenvalue weighted by Crippen LogP contribution is -2.58. The zero-order valence-electron chi connectivity index (χ0n) is 20.1. The van der Waals surface area contributed by atoms with Gasteiger partial charge in [0.2, 0.25) is 5.91 Å². The van der Waals surface area contributed by atoms with Crippen LogP contribution >= 0.6 is 0 Å². The van der Waals surface area contributed by atoms with Crippen molar-refractivity contribution in [1.82, 2.24) is 10.2 Å². The molecule has 3 atom stereocenters. The van der Waals surface area contributed by atoms with Gasteiger partial charge in [-0.15, -0.1) is 0 Å².